The molecule has 0 aliphatic carbocycles. The van der Waals surface area contributed by atoms with E-state index < -0.39 is 35.0 Å². The Kier molecular flexibility index (Phi) is 3.70. The van der Waals surface area contributed by atoms with Gasteiger partial charge in [0.15, 0.2) is 5.43 Å². The van der Waals surface area contributed by atoms with E-state index in [1.165, 1.54) is 6.92 Å². The van der Waals surface area contributed by atoms with E-state index in [1.54, 1.807) is 4.98 Å². The molecular weight excluding hydrogens is 227 g/mol. The minimum Gasteiger partial charge on any atom is -0.461 e. The van der Waals surface area contributed by atoms with Gasteiger partial charge in [-0.2, -0.15) is 4.39 Å². The van der Waals surface area contributed by atoms with Crippen LogP contribution in [0.5, 0.6) is 0 Å². The Bertz CT molecular complexity index is 456. The van der Waals surface area contributed by atoms with E-state index >= 15 is 0 Å². The highest BCUT2D eigenvalue weighted by Gasteiger charge is 2.21. The fourth-order valence-corrected chi connectivity index (χ4v) is 1.06. The number of nitrogens with one attached hydrogen (secondary N) is 1. The number of hydrogen-bond donors (Lipinski definition) is 1. The number of hydrogen-bond acceptors (Lipinski definition) is 3. The third kappa shape index (κ3) is 2.41. The standard InChI is InChI=1S/C9H8F3NO3/c1-2-16-9(15)4-3-5(14)6(7(10)11)8(12)13-4/h3,7H,2H2,1H3,(H,13,14). The van der Waals surface area contributed by atoms with Gasteiger partial charge in [-0.05, 0) is 6.92 Å². The number of alkyl halides is 2. The molecule has 0 fully saturated rings. The summed E-state index contributed by atoms with van der Waals surface area (Å²) in [5.74, 6) is -2.50. The van der Waals surface area contributed by atoms with Gasteiger partial charge in [0.2, 0.25) is 5.95 Å². The average Bonchev–Trinajstić information content (AvgIpc) is 2.16. The van der Waals surface area contributed by atoms with Gasteiger partial charge in [0.25, 0.3) is 6.43 Å². The Labute approximate surface area is 88.0 Å². The molecule has 0 spiro atoms. The normalized spacial score (nSPS) is 10.6. The van der Waals surface area contributed by atoms with Crippen LogP contribution in [-0.2, 0) is 4.74 Å². The van der Waals surface area contributed by atoms with Gasteiger partial charge in [-0.1, -0.05) is 0 Å². The van der Waals surface area contributed by atoms with Gasteiger partial charge in [-0.25, -0.2) is 13.6 Å². The van der Waals surface area contributed by atoms with Gasteiger partial charge in [0.05, 0.1) is 6.61 Å². The number of H-pyrrole nitrogens is 1. The molecule has 0 radical (unpaired) electrons. The zero-order valence-electron chi connectivity index (χ0n) is 8.22. The molecule has 1 aromatic rings. The van der Waals surface area contributed by atoms with Crippen molar-refractivity contribution in [2.24, 2.45) is 0 Å². The van der Waals surface area contributed by atoms with Gasteiger partial charge >= 0.3 is 5.97 Å². The maximum atomic E-state index is 13.0. The number of aromatic amines is 1. The molecule has 0 unspecified atom stereocenters. The van der Waals surface area contributed by atoms with Crippen LogP contribution in [0.15, 0.2) is 10.9 Å². The first-order valence-corrected chi connectivity index (χ1v) is 4.35. The minimum atomic E-state index is -3.24. The summed E-state index contributed by atoms with van der Waals surface area (Å²) < 4.78 is 41.9. The van der Waals surface area contributed by atoms with Crippen molar-refractivity contribution in [3.8, 4) is 0 Å². The number of pyridine rings is 1. The van der Waals surface area contributed by atoms with Crippen LogP contribution in [0.2, 0.25) is 0 Å². The first kappa shape index (κ1) is 12.3. The minimum absolute atomic E-state index is 0.0269. The molecule has 16 heavy (non-hydrogen) atoms. The van der Waals surface area contributed by atoms with E-state index in [0.29, 0.717) is 6.07 Å². The molecule has 0 aliphatic heterocycles. The maximum Gasteiger partial charge on any atom is 0.354 e. The van der Waals surface area contributed by atoms with Crippen molar-refractivity contribution in [2.45, 2.75) is 13.3 Å². The van der Waals surface area contributed by atoms with Gasteiger partial charge in [0.1, 0.15) is 11.3 Å². The van der Waals surface area contributed by atoms with E-state index in [9.17, 15) is 22.8 Å². The second-order valence-corrected chi connectivity index (χ2v) is 2.80. The summed E-state index contributed by atoms with van der Waals surface area (Å²) >= 11 is 0. The largest absolute Gasteiger partial charge is 0.461 e. The zero-order valence-corrected chi connectivity index (χ0v) is 8.22. The van der Waals surface area contributed by atoms with Crippen molar-refractivity contribution in [3.05, 3.63) is 33.5 Å². The molecule has 7 heteroatoms. The third-order valence-electron chi connectivity index (χ3n) is 1.74. The van der Waals surface area contributed by atoms with Crippen molar-refractivity contribution in [3.63, 3.8) is 0 Å². The van der Waals surface area contributed by atoms with Crippen molar-refractivity contribution in [1.82, 2.24) is 4.98 Å². The summed E-state index contributed by atoms with van der Waals surface area (Å²) in [6.45, 7) is 1.54. The van der Waals surface area contributed by atoms with Crippen LogP contribution in [0, 0.1) is 5.95 Å². The van der Waals surface area contributed by atoms with Crippen LogP contribution in [0.1, 0.15) is 29.4 Å². The number of carbonyl (C=O) groups is 1. The Morgan fingerprint density at radius 1 is 1.56 bits per heavy atom. The van der Waals surface area contributed by atoms with Crippen molar-refractivity contribution in [2.75, 3.05) is 6.61 Å². The van der Waals surface area contributed by atoms with Crippen LogP contribution in [-0.4, -0.2) is 17.6 Å². The van der Waals surface area contributed by atoms with Crippen LogP contribution in [0.25, 0.3) is 0 Å². The molecule has 0 saturated carbocycles. The smallest absolute Gasteiger partial charge is 0.354 e. The summed E-state index contributed by atoms with van der Waals surface area (Å²) in [6.07, 6.45) is -3.24. The van der Waals surface area contributed by atoms with Crippen LogP contribution in [0.4, 0.5) is 13.2 Å². The fraction of sp³-hybridized carbons (Fsp3) is 0.333. The number of aromatic nitrogens is 1. The molecule has 0 aromatic carbocycles. The summed E-state index contributed by atoms with van der Waals surface area (Å²) in [6, 6.07) is 0.586. The highest BCUT2D eigenvalue weighted by atomic mass is 19.3. The second-order valence-electron chi connectivity index (χ2n) is 2.80. The number of ether oxygens (including phenoxy) is 1. The Balaban J connectivity index is 3.20. The summed E-state index contributed by atoms with van der Waals surface area (Å²) in [5, 5.41) is 0. The Morgan fingerprint density at radius 2 is 2.19 bits per heavy atom. The lowest BCUT2D eigenvalue weighted by Gasteiger charge is -2.04. The molecule has 88 valence electrons. The molecule has 1 heterocycles. The topological polar surface area (TPSA) is 59.2 Å². The lowest BCUT2D eigenvalue weighted by molar-refractivity contribution is 0.0516. The van der Waals surface area contributed by atoms with Crippen molar-refractivity contribution < 1.29 is 22.7 Å². The van der Waals surface area contributed by atoms with Crippen LogP contribution >= 0.6 is 0 Å². The number of carbonyl (C=O) groups excluding carboxylic acids is 1. The third-order valence-corrected chi connectivity index (χ3v) is 1.74. The summed E-state index contributed by atoms with van der Waals surface area (Å²) in [7, 11) is 0. The highest BCUT2D eigenvalue weighted by Crippen LogP contribution is 2.17. The second kappa shape index (κ2) is 4.82. The molecule has 1 N–H and O–H groups in total. The number of esters is 1. The first-order valence-electron chi connectivity index (χ1n) is 4.35. The lowest BCUT2D eigenvalue weighted by Crippen LogP contribution is -2.18. The quantitative estimate of drug-likeness (QED) is 0.639. The molecule has 0 amide bonds. The lowest BCUT2D eigenvalue weighted by atomic mass is 10.2. The molecule has 1 rings (SSSR count). The van der Waals surface area contributed by atoms with E-state index in [2.05, 4.69) is 4.74 Å². The zero-order chi connectivity index (χ0) is 12.3. The predicted octanol–water partition coefficient (Wildman–Crippen LogP) is 1.63. The van der Waals surface area contributed by atoms with Crippen molar-refractivity contribution in [1.29, 1.82) is 0 Å². The molecule has 0 bridgehead atoms. The molecule has 0 saturated heterocycles. The fourth-order valence-electron chi connectivity index (χ4n) is 1.06. The van der Waals surface area contributed by atoms with Gasteiger partial charge in [0, 0.05) is 6.07 Å². The number of rotatable bonds is 3. The Hall–Kier alpha value is -1.79. The van der Waals surface area contributed by atoms with E-state index in [-0.39, 0.29) is 6.61 Å². The average molecular weight is 235 g/mol. The molecule has 4 nitrogen and oxygen atoms in total. The highest BCUT2D eigenvalue weighted by molar-refractivity contribution is 5.87. The monoisotopic (exact) mass is 235 g/mol. The molecule has 1 aromatic heterocycles. The van der Waals surface area contributed by atoms with Crippen LogP contribution in [0.3, 0.4) is 0 Å². The van der Waals surface area contributed by atoms with E-state index in [0.717, 1.165) is 0 Å². The first-order chi connectivity index (χ1) is 7.47. The van der Waals surface area contributed by atoms with Gasteiger partial charge in [-0.3, -0.25) is 4.79 Å². The van der Waals surface area contributed by atoms with Crippen LogP contribution < -0.4 is 5.43 Å². The van der Waals surface area contributed by atoms with Crippen molar-refractivity contribution >= 4 is 5.97 Å². The van der Waals surface area contributed by atoms with E-state index in [1.807, 2.05) is 0 Å². The SMILES string of the molecule is CCOC(=O)c1cc(=O)c(C(F)F)c(F)[nH]1. The molecular formula is C9H8F3NO3. The van der Waals surface area contributed by atoms with E-state index in [4.69, 9.17) is 0 Å². The summed E-state index contributed by atoms with van der Waals surface area (Å²) in [4.78, 5) is 23.9. The molecule has 0 atom stereocenters. The summed E-state index contributed by atoms with van der Waals surface area (Å²) in [5.41, 5.74) is -3.02. The number of halogens is 3. The van der Waals surface area contributed by atoms with Gasteiger partial charge in [-0.15, -0.1) is 0 Å². The van der Waals surface area contributed by atoms with Gasteiger partial charge < -0.3 is 9.72 Å². The molecule has 0 aliphatic rings. The maximum absolute atomic E-state index is 13.0. The Morgan fingerprint density at radius 3 is 2.62 bits per heavy atom. The predicted molar refractivity (Wildman–Crippen MR) is 47.9 cm³/mol.